The zero-order chi connectivity index (χ0) is 16.2. The summed E-state index contributed by atoms with van der Waals surface area (Å²) in [6, 6.07) is 3.15. The minimum Gasteiger partial charge on any atom is -0.480 e. The van der Waals surface area contributed by atoms with Crippen LogP contribution in [0.3, 0.4) is 0 Å². The number of nitrogens with one attached hydrogen (secondary N) is 2. The van der Waals surface area contributed by atoms with Gasteiger partial charge in [-0.3, -0.25) is 0 Å². The topological polar surface area (TPSA) is 78.4 Å². The van der Waals surface area contributed by atoms with E-state index in [0.717, 1.165) is 15.6 Å². The Hall–Kier alpha value is -1.56. The Morgan fingerprint density at radius 3 is 2.05 bits per heavy atom. The van der Waals surface area contributed by atoms with E-state index in [4.69, 9.17) is 0 Å². The summed E-state index contributed by atoms with van der Waals surface area (Å²) in [5.74, 6) is -1.02. The van der Waals surface area contributed by atoms with Crippen molar-refractivity contribution in [3.8, 4) is 0 Å². The molecule has 0 bridgehead atoms. The number of benzene rings is 1. The zero-order valence-corrected chi connectivity index (χ0v) is 14.3. The molecule has 21 heavy (non-hydrogen) atoms. The lowest BCUT2D eigenvalue weighted by molar-refractivity contribution is -0.144. The molecule has 0 radical (unpaired) electrons. The van der Waals surface area contributed by atoms with Crippen LogP contribution in [0.5, 0.6) is 0 Å². The Balaban J connectivity index is 2.89. The van der Waals surface area contributed by atoms with Gasteiger partial charge >= 0.3 is 12.0 Å². The summed E-state index contributed by atoms with van der Waals surface area (Å²) in [5, 5.41) is 14.6. The van der Waals surface area contributed by atoms with Gasteiger partial charge in [0, 0.05) is 10.2 Å². The first-order valence-electron chi connectivity index (χ1n) is 6.85. The summed E-state index contributed by atoms with van der Waals surface area (Å²) in [7, 11) is 0. The molecule has 0 aliphatic heterocycles. The summed E-state index contributed by atoms with van der Waals surface area (Å²) in [6.45, 7) is 7.34. The Bertz CT molecular complexity index is 531. The van der Waals surface area contributed by atoms with Crippen molar-refractivity contribution in [3.05, 3.63) is 27.7 Å². The van der Waals surface area contributed by atoms with Gasteiger partial charge in [-0.25, -0.2) is 9.59 Å². The number of carboxylic acid groups (broad SMARTS) is 1. The molecule has 0 fully saturated rings. The van der Waals surface area contributed by atoms with Gasteiger partial charge in [-0.2, -0.15) is 0 Å². The highest BCUT2D eigenvalue weighted by molar-refractivity contribution is 9.10. The van der Waals surface area contributed by atoms with Crippen molar-refractivity contribution in [3.63, 3.8) is 0 Å². The van der Waals surface area contributed by atoms with E-state index in [1.807, 2.05) is 26.0 Å². The molecule has 1 rings (SSSR count). The molecule has 0 aromatic heterocycles. The third kappa shape index (κ3) is 3.97. The number of hydrogen-bond donors (Lipinski definition) is 3. The molecule has 0 spiro atoms. The number of anilines is 1. The molecular formula is C15H21BrN2O3. The smallest absolute Gasteiger partial charge is 0.329 e. The summed E-state index contributed by atoms with van der Waals surface area (Å²) in [6.07, 6.45) is 0.648. The fourth-order valence-electron chi connectivity index (χ4n) is 2.18. The normalized spacial score (nSPS) is 11.1. The van der Waals surface area contributed by atoms with Crippen LogP contribution in [0.4, 0.5) is 10.5 Å². The number of urea groups is 1. The van der Waals surface area contributed by atoms with Crippen LogP contribution < -0.4 is 10.6 Å². The maximum atomic E-state index is 12.1. The first kappa shape index (κ1) is 17.5. The van der Waals surface area contributed by atoms with Crippen molar-refractivity contribution in [1.82, 2.24) is 5.32 Å². The van der Waals surface area contributed by atoms with Crippen LogP contribution >= 0.6 is 15.9 Å². The maximum absolute atomic E-state index is 12.1. The number of carbonyl (C=O) groups excluding carboxylic acids is 1. The second-order valence-electron chi connectivity index (χ2n) is 5.10. The van der Waals surface area contributed by atoms with Crippen molar-refractivity contribution >= 4 is 33.6 Å². The predicted molar refractivity (Wildman–Crippen MR) is 86.7 cm³/mol. The van der Waals surface area contributed by atoms with Crippen LogP contribution in [0.15, 0.2) is 16.6 Å². The molecule has 0 saturated heterocycles. The van der Waals surface area contributed by atoms with E-state index < -0.39 is 17.5 Å². The van der Waals surface area contributed by atoms with Gasteiger partial charge in [-0.1, -0.05) is 29.8 Å². The Labute approximate surface area is 133 Å². The Kier molecular flexibility index (Phi) is 5.78. The number of amides is 2. The first-order chi connectivity index (χ1) is 9.75. The summed E-state index contributed by atoms with van der Waals surface area (Å²) in [5.41, 5.74) is 1.41. The molecule has 116 valence electrons. The molecule has 0 saturated carbocycles. The number of aryl methyl sites for hydroxylation is 2. The number of hydrogen-bond acceptors (Lipinski definition) is 2. The minimum absolute atomic E-state index is 0.324. The standard InChI is InChI=1S/C15H21BrN2O3/c1-5-15(6-2,13(19)20)18-14(21)17-11-7-9(3)12(16)10(4)8-11/h7-8H,5-6H2,1-4H3,(H,19,20)(H2,17,18,21). The quantitative estimate of drug-likeness (QED) is 0.749. The average molecular weight is 357 g/mol. The lowest BCUT2D eigenvalue weighted by Crippen LogP contribution is -2.54. The molecule has 0 atom stereocenters. The SMILES string of the molecule is CCC(CC)(NC(=O)Nc1cc(C)c(Br)c(C)c1)C(=O)O. The molecule has 3 N–H and O–H groups in total. The van der Waals surface area contributed by atoms with Crippen LogP contribution in [0.1, 0.15) is 37.8 Å². The lowest BCUT2D eigenvalue weighted by Gasteiger charge is -2.28. The second kappa shape index (κ2) is 6.93. The van der Waals surface area contributed by atoms with Crippen LogP contribution in [-0.4, -0.2) is 22.6 Å². The summed E-state index contributed by atoms with van der Waals surface area (Å²) < 4.78 is 0.996. The van der Waals surface area contributed by atoms with E-state index in [2.05, 4.69) is 26.6 Å². The second-order valence-corrected chi connectivity index (χ2v) is 5.89. The van der Waals surface area contributed by atoms with Gasteiger partial charge in [0.25, 0.3) is 0 Å². The van der Waals surface area contributed by atoms with Crippen LogP contribution in [-0.2, 0) is 4.79 Å². The molecule has 5 nitrogen and oxygen atoms in total. The average Bonchev–Trinajstić information content (AvgIpc) is 2.41. The van der Waals surface area contributed by atoms with E-state index in [9.17, 15) is 14.7 Å². The number of aliphatic carboxylic acids is 1. The molecule has 0 unspecified atom stereocenters. The number of carbonyl (C=O) groups is 2. The number of halogens is 1. The summed E-state index contributed by atoms with van der Waals surface area (Å²) >= 11 is 3.46. The number of rotatable bonds is 5. The van der Waals surface area contributed by atoms with Gasteiger partial charge in [0.15, 0.2) is 0 Å². The molecule has 6 heteroatoms. The molecule has 0 aliphatic carbocycles. The van der Waals surface area contributed by atoms with Crippen LogP contribution in [0.25, 0.3) is 0 Å². The third-order valence-electron chi connectivity index (χ3n) is 3.66. The predicted octanol–water partition coefficient (Wildman–Crippen LogP) is 3.83. The van der Waals surface area contributed by atoms with E-state index in [1.165, 1.54) is 0 Å². The fourth-order valence-corrected chi connectivity index (χ4v) is 2.41. The van der Waals surface area contributed by atoms with Gasteiger partial charge in [0.2, 0.25) is 0 Å². The van der Waals surface area contributed by atoms with Gasteiger partial charge in [-0.05, 0) is 49.9 Å². The van der Waals surface area contributed by atoms with Crippen molar-refractivity contribution in [1.29, 1.82) is 0 Å². The van der Waals surface area contributed by atoms with E-state index in [1.54, 1.807) is 13.8 Å². The lowest BCUT2D eigenvalue weighted by atomic mass is 9.93. The largest absolute Gasteiger partial charge is 0.480 e. The van der Waals surface area contributed by atoms with E-state index >= 15 is 0 Å². The van der Waals surface area contributed by atoms with Gasteiger partial charge in [-0.15, -0.1) is 0 Å². The summed E-state index contributed by atoms with van der Waals surface area (Å²) in [4.78, 5) is 23.4. The highest BCUT2D eigenvalue weighted by atomic mass is 79.9. The molecule has 1 aromatic carbocycles. The monoisotopic (exact) mass is 356 g/mol. The molecular weight excluding hydrogens is 336 g/mol. The van der Waals surface area contributed by atoms with Crippen molar-refractivity contribution in [2.75, 3.05) is 5.32 Å². The third-order valence-corrected chi connectivity index (χ3v) is 4.91. The minimum atomic E-state index is -1.23. The van der Waals surface area contributed by atoms with Crippen molar-refractivity contribution in [2.45, 2.75) is 46.1 Å². The highest BCUT2D eigenvalue weighted by Crippen LogP contribution is 2.25. The maximum Gasteiger partial charge on any atom is 0.329 e. The van der Waals surface area contributed by atoms with Crippen molar-refractivity contribution in [2.24, 2.45) is 0 Å². The molecule has 2 amide bonds. The molecule has 0 heterocycles. The van der Waals surface area contributed by atoms with Crippen LogP contribution in [0.2, 0.25) is 0 Å². The van der Waals surface area contributed by atoms with Crippen LogP contribution in [0, 0.1) is 13.8 Å². The zero-order valence-electron chi connectivity index (χ0n) is 12.7. The van der Waals surface area contributed by atoms with Crippen molar-refractivity contribution < 1.29 is 14.7 Å². The molecule has 1 aromatic rings. The van der Waals surface area contributed by atoms with E-state index in [-0.39, 0.29) is 0 Å². The highest BCUT2D eigenvalue weighted by Gasteiger charge is 2.36. The Morgan fingerprint density at radius 1 is 1.19 bits per heavy atom. The van der Waals surface area contributed by atoms with Gasteiger partial charge in [0.1, 0.15) is 5.54 Å². The van der Waals surface area contributed by atoms with Gasteiger partial charge < -0.3 is 15.7 Å². The Morgan fingerprint density at radius 2 is 1.67 bits per heavy atom. The fraction of sp³-hybridized carbons (Fsp3) is 0.467. The van der Waals surface area contributed by atoms with E-state index in [0.29, 0.717) is 18.5 Å². The number of carboxylic acids is 1. The molecule has 0 aliphatic rings. The first-order valence-corrected chi connectivity index (χ1v) is 7.64. The van der Waals surface area contributed by atoms with Gasteiger partial charge in [0.05, 0.1) is 0 Å².